The second kappa shape index (κ2) is 6.11. The van der Waals surface area contributed by atoms with Crippen LogP contribution in [0.3, 0.4) is 0 Å². The van der Waals surface area contributed by atoms with E-state index in [1.165, 1.54) is 0 Å². The quantitative estimate of drug-likeness (QED) is 0.936. The van der Waals surface area contributed by atoms with Crippen molar-refractivity contribution in [2.45, 2.75) is 32.6 Å². The molecule has 0 aliphatic carbocycles. The molecule has 2 aromatic carbocycles. The predicted octanol–water partition coefficient (Wildman–Crippen LogP) is 3.51. The van der Waals surface area contributed by atoms with Crippen molar-refractivity contribution in [1.29, 1.82) is 0 Å². The van der Waals surface area contributed by atoms with E-state index in [4.69, 9.17) is 0 Å². The molecule has 124 valence electrons. The van der Waals surface area contributed by atoms with E-state index >= 15 is 0 Å². The molecule has 3 rings (SSSR count). The van der Waals surface area contributed by atoms with Crippen molar-refractivity contribution in [3.05, 3.63) is 59.7 Å². The first-order valence-electron chi connectivity index (χ1n) is 8.23. The Bertz CT molecular complexity index is 796. The molecular formula is C20H22N2O2. The van der Waals surface area contributed by atoms with Crippen molar-refractivity contribution >= 4 is 23.2 Å². The normalized spacial score (nSPS) is 15.3. The van der Waals surface area contributed by atoms with E-state index in [2.05, 4.69) is 12.2 Å². The van der Waals surface area contributed by atoms with Gasteiger partial charge in [0, 0.05) is 11.4 Å². The smallest absolute Gasteiger partial charge is 0.244 e. The molecule has 1 aliphatic heterocycles. The van der Waals surface area contributed by atoms with E-state index in [1.807, 2.05) is 62.4 Å². The molecular weight excluding hydrogens is 300 g/mol. The van der Waals surface area contributed by atoms with E-state index in [0.717, 1.165) is 28.9 Å². The highest BCUT2D eigenvalue weighted by Gasteiger charge is 2.44. The maximum absolute atomic E-state index is 12.7. The molecule has 0 fully saturated rings. The molecule has 1 N–H and O–H groups in total. The summed E-state index contributed by atoms with van der Waals surface area (Å²) >= 11 is 0. The number of rotatable bonds is 4. The molecule has 1 aliphatic rings. The third-order valence-electron chi connectivity index (χ3n) is 4.57. The lowest BCUT2D eigenvalue weighted by atomic mass is 9.86. The summed E-state index contributed by atoms with van der Waals surface area (Å²) in [4.78, 5) is 26.7. The van der Waals surface area contributed by atoms with Crippen LogP contribution in [-0.2, 0) is 21.4 Å². The highest BCUT2D eigenvalue weighted by molar-refractivity contribution is 6.11. The number of nitrogens with one attached hydrogen (secondary N) is 1. The molecule has 4 heteroatoms. The molecule has 0 saturated heterocycles. The Labute approximate surface area is 142 Å². The highest BCUT2D eigenvalue weighted by Crippen LogP contribution is 2.41. The van der Waals surface area contributed by atoms with Gasteiger partial charge in [0.1, 0.15) is 6.54 Å². The van der Waals surface area contributed by atoms with Crippen molar-refractivity contribution in [2.24, 2.45) is 0 Å². The number of carbonyl (C=O) groups excluding carboxylic acids is 2. The average molecular weight is 322 g/mol. The lowest BCUT2D eigenvalue weighted by Gasteiger charge is -2.20. The molecule has 0 unspecified atom stereocenters. The number of aryl methyl sites for hydroxylation is 1. The van der Waals surface area contributed by atoms with Crippen LogP contribution in [-0.4, -0.2) is 18.4 Å². The largest absolute Gasteiger partial charge is 0.325 e. The van der Waals surface area contributed by atoms with Gasteiger partial charge in [-0.15, -0.1) is 0 Å². The fourth-order valence-electron chi connectivity index (χ4n) is 3.17. The number of anilines is 2. The zero-order chi connectivity index (χ0) is 17.3. The van der Waals surface area contributed by atoms with Crippen molar-refractivity contribution in [2.75, 3.05) is 16.8 Å². The van der Waals surface area contributed by atoms with Gasteiger partial charge in [0.05, 0.1) is 5.41 Å². The fraction of sp³-hybridized carbons (Fsp3) is 0.300. The van der Waals surface area contributed by atoms with Crippen molar-refractivity contribution in [1.82, 2.24) is 0 Å². The van der Waals surface area contributed by atoms with Gasteiger partial charge < -0.3 is 10.2 Å². The summed E-state index contributed by atoms with van der Waals surface area (Å²) in [7, 11) is 0. The SMILES string of the molecule is CCc1cccc(NC(=O)CN2C(=O)C(C)(C)c3ccccc32)c1. The Morgan fingerprint density at radius 1 is 1.12 bits per heavy atom. The van der Waals surface area contributed by atoms with Gasteiger partial charge in [-0.25, -0.2) is 0 Å². The van der Waals surface area contributed by atoms with Gasteiger partial charge in [0.25, 0.3) is 0 Å². The number of benzene rings is 2. The van der Waals surface area contributed by atoms with E-state index < -0.39 is 5.41 Å². The van der Waals surface area contributed by atoms with Crippen LogP contribution in [0.4, 0.5) is 11.4 Å². The van der Waals surface area contributed by atoms with Crippen LogP contribution in [0.2, 0.25) is 0 Å². The number of hydrogen-bond donors (Lipinski definition) is 1. The Balaban J connectivity index is 1.78. The molecule has 2 amide bonds. The maximum Gasteiger partial charge on any atom is 0.244 e. The monoisotopic (exact) mass is 322 g/mol. The molecule has 2 aromatic rings. The number of nitrogens with zero attached hydrogens (tertiary/aromatic N) is 1. The van der Waals surface area contributed by atoms with Crippen LogP contribution in [0.15, 0.2) is 48.5 Å². The minimum atomic E-state index is -0.598. The molecule has 1 heterocycles. The van der Waals surface area contributed by atoms with Crippen molar-refractivity contribution in [3.8, 4) is 0 Å². The van der Waals surface area contributed by atoms with E-state index in [-0.39, 0.29) is 18.4 Å². The number of hydrogen-bond acceptors (Lipinski definition) is 2. The third kappa shape index (κ3) is 2.80. The topological polar surface area (TPSA) is 49.4 Å². The Hall–Kier alpha value is -2.62. The first-order chi connectivity index (χ1) is 11.4. The van der Waals surface area contributed by atoms with Gasteiger partial charge in [-0.2, -0.15) is 0 Å². The lowest BCUT2D eigenvalue weighted by molar-refractivity contribution is -0.124. The van der Waals surface area contributed by atoms with Gasteiger partial charge in [0.2, 0.25) is 11.8 Å². The first kappa shape index (κ1) is 16.2. The Kier molecular flexibility index (Phi) is 4.14. The van der Waals surface area contributed by atoms with E-state index in [9.17, 15) is 9.59 Å². The Morgan fingerprint density at radius 3 is 2.62 bits per heavy atom. The summed E-state index contributed by atoms with van der Waals surface area (Å²) < 4.78 is 0. The molecule has 0 spiro atoms. The molecule has 0 bridgehead atoms. The number of amides is 2. The predicted molar refractivity (Wildman–Crippen MR) is 96.3 cm³/mol. The maximum atomic E-state index is 12.7. The van der Waals surface area contributed by atoms with Gasteiger partial charge in [-0.3, -0.25) is 9.59 Å². The zero-order valence-corrected chi connectivity index (χ0v) is 14.3. The standard InChI is InChI=1S/C20H22N2O2/c1-4-14-8-7-9-15(12-14)21-18(23)13-22-17-11-6-5-10-16(17)20(2,3)19(22)24/h5-12H,4,13H2,1-3H3,(H,21,23). The lowest BCUT2D eigenvalue weighted by Crippen LogP contribution is -2.40. The number of carbonyl (C=O) groups is 2. The second-order valence-electron chi connectivity index (χ2n) is 6.64. The van der Waals surface area contributed by atoms with Crippen LogP contribution < -0.4 is 10.2 Å². The molecule has 0 radical (unpaired) electrons. The third-order valence-corrected chi connectivity index (χ3v) is 4.57. The molecule has 0 aromatic heterocycles. The number of fused-ring (bicyclic) bond motifs is 1. The van der Waals surface area contributed by atoms with E-state index in [1.54, 1.807) is 4.90 Å². The van der Waals surface area contributed by atoms with Gasteiger partial charge in [0.15, 0.2) is 0 Å². The van der Waals surface area contributed by atoms with Gasteiger partial charge >= 0.3 is 0 Å². The Morgan fingerprint density at radius 2 is 1.88 bits per heavy atom. The highest BCUT2D eigenvalue weighted by atomic mass is 16.2. The van der Waals surface area contributed by atoms with Crippen LogP contribution >= 0.6 is 0 Å². The first-order valence-corrected chi connectivity index (χ1v) is 8.23. The summed E-state index contributed by atoms with van der Waals surface area (Å²) in [5.41, 5.74) is 3.12. The van der Waals surface area contributed by atoms with Crippen molar-refractivity contribution < 1.29 is 9.59 Å². The van der Waals surface area contributed by atoms with Gasteiger partial charge in [-0.1, -0.05) is 37.3 Å². The zero-order valence-electron chi connectivity index (χ0n) is 14.3. The average Bonchev–Trinajstić information content (AvgIpc) is 2.76. The van der Waals surface area contributed by atoms with Crippen LogP contribution in [0.5, 0.6) is 0 Å². The summed E-state index contributed by atoms with van der Waals surface area (Å²) in [6.45, 7) is 5.89. The van der Waals surface area contributed by atoms with E-state index in [0.29, 0.717) is 0 Å². The molecule has 24 heavy (non-hydrogen) atoms. The van der Waals surface area contributed by atoms with Gasteiger partial charge in [-0.05, 0) is 49.6 Å². The number of para-hydroxylation sites is 1. The second-order valence-corrected chi connectivity index (χ2v) is 6.64. The fourth-order valence-corrected chi connectivity index (χ4v) is 3.17. The molecule has 0 saturated carbocycles. The molecule has 4 nitrogen and oxygen atoms in total. The summed E-state index contributed by atoms with van der Waals surface area (Å²) in [6, 6.07) is 15.4. The van der Waals surface area contributed by atoms with Crippen LogP contribution in [0, 0.1) is 0 Å². The minimum Gasteiger partial charge on any atom is -0.325 e. The van der Waals surface area contributed by atoms with Crippen molar-refractivity contribution in [3.63, 3.8) is 0 Å². The minimum absolute atomic E-state index is 0.0234. The van der Waals surface area contributed by atoms with Crippen LogP contribution in [0.1, 0.15) is 31.9 Å². The molecule has 0 atom stereocenters. The van der Waals surface area contributed by atoms with Crippen LogP contribution in [0.25, 0.3) is 0 Å². The summed E-state index contributed by atoms with van der Waals surface area (Å²) in [5.74, 6) is -0.231. The summed E-state index contributed by atoms with van der Waals surface area (Å²) in [6.07, 6.45) is 0.913. The summed E-state index contributed by atoms with van der Waals surface area (Å²) in [5, 5.41) is 2.89.